The summed E-state index contributed by atoms with van der Waals surface area (Å²) in [5.74, 6) is 0.336. The van der Waals surface area contributed by atoms with Gasteiger partial charge in [-0.25, -0.2) is 8.42 Å². The van der Waals surface area contributed by atoms with Crippen LogP contribution in [0.3, 0.4) is 0 Å². The van der Waals surface area contributed by atoms with E-state index in [0.717, 1.165) is 36.8 Å². The predicted octanol–water partition coefficient (Wildman–Crippen LogP) is 4.08. The summed E-state index contributed by atoms with van der Waals surface area (Å²) in [4.78, 5) is 0.357. The van der Waals surface area contributed by atoms with Crippen LogP contribution in [0.25, 0.3) is 0 Å². The fraction of sp³-hybridized carbons (Fsp3) is 0.625. The van der Waals surface area contributed by atoms with Gasteiger partial charge in [0.25, 0.3) is 0 Å². The zero-order valence-corrected chi connectivity index (χ0v) is 14.4. The molecule has 118 valence electrons. The third-order valence-corrected chi connectivity index (χ3v) is 6.67. The maximum Gasteiger partial charge on any atom is 0.243 e. The smallest absolute Gasteiger partial charge is 0.207 e. The summed E-state index contributed by atoms with van der Waals surface area (Å²) >= 11 is 5.90. The van der Waals surface area contributed by atoms with E-state index in [1.165, 1.54) is 12.8 Å². The molecular formula is C16H24ClNO2S. The molecule has 0 heterocycles. The molecule has 1 fully saturated rings. The van der Waals surface area contributed by atoms with Crippen molar-refractivity contribution in [3.05, 3.63) is 29.3 Å². The molecule has 1 aliphatic rings. The van der Waals surface area contributed by atoms with Gasteiger partial charge in [0.2, 0.25) is 10.0 Å². The largest absolute Gasteiger partial charge is 0.243 e. The van der Waals surface area contributed by atoms with Gasteiger partial charge in [0.1, 0.15) is 0 Å². The molecule has 0 N–H and O–H groups in total. The summed E-state index contributed by atoms with van der Waals surface area (Å²) in [6.45, 7) is 1.95. The maximum atomic E-state index is 12.8. The lowest BCUT2D eigenvalue weighted by molar-refractivity contribution is 0.335. The first-order chi connectivity index (χ1) is 9.96. The lowest BCUT2D eigenvalue weighted by Gasteiger charge is -2.26. The standard InChI is InChI=1S/C16H24ClNO2S/c1-13-9-10-16(11-14(13)12-17)21(19,20)18(2)15-7-5-3-4-6-8-15/h9-11,15H,3-8,12H2,1-2H3. The molecule has 1 aromatic rings. The molecular weight excluding hydrogens is 306 g/mol. The Labute approximate surface area is 133 Å². The van der Waals surface area contributed by atoms with Gasteiger partial charge in [-0.1, -0.05) is 31.7 Å². The second-order valence-corrected chi connectivity index (χ2v) is 8.15. The highest BCUT2D eigenvalue weighted by Gasteiger charge is 2.28. The minimum atomic E-state index is -3.43. The quantitative estimate of drug-likeness (QED) is 0.616. The molecule has 0 saturated heterocycles. The highest BCUT2D eigenvalue weighted by Crippen LogP contribution is 2.27. The van der Waals surface area contributed by atoms with Crippen molar-refractivity contribution in [1.82, 2.24) is 4.31 Å². The SMILES string of the molecule is Cc1ccc(S(=O)(=O)N(C)C2CCCCCC2)cc1CCl. The second kappa shape index (κ2) is 7.12. The molecule has 1 aliphatic carbocycles. The molecule has 0 aliphatic heterocycles. The first-order valence-electron chi connectivity index (χ1n) is 7.60. The molecule has 0 unspecified atom stereocenters. The summed E-state index contributed by atoms with van der Waals surface area (Å²) in [5.41, 5.74) is 1.91. The molecule has 1 aromatic carbocycles. The number of benzene rings is 1. The number of hydrogen-bond donors (Lipinski definition) is 0. The average Bonchev–Trinajstić information content (AvgIpc) is 2.75. The van der Waals surface area contributed by atoms with E-state index in [1.807, 2.05) is 13.0 Å². The fourth-order valence-corrected chi connectivity index (χ4v) is 4.69. The van der Waals surface area contributed by atoms with Crippen molar-refractivity contribution >= 4 is 21.6 Å². The first-order valence-corrected chi connectivity index (χ1v) is 9.58. The van der Waals surface area contributed by atoms with Gasteiger partial charge < -0.3 is 0 Å². The van der Waals surface area contributed by atoms with Crippen LogP contribution in [0, 0.1) is 6.92 Å². The van der Waals surface area contributed by atoms with Crippen molar-refractivity contribution in [2.75, 3.05) is 7.05 Å². The number of rotatable bonds is 4. The van der Waals surface area contributed by atoms with Crippen LogP contribution in [0.5, 0.6) is 0 Å². The summed E-state index contributed by atoms with van der Waals surface area (Å²) in [5, 5.41) is 0. The van der Waals surface area contributed by atoms with E-state index in [9.17, 15) is 8.42 Å². The number of halogens is 1. The summed E-state index contributed by atoms with van der Waals surface area (Å²) < 4.78 is 27.2. The lowest BCUT2D eigenvalue weighted by Crippen LogP contribution is -2.36. The third kappa shape index (κ3) is 3.79. The molecule has 2 rings (SSSR count). The monoisotopic (exact) mass is 329 g/mol. The van der Waals surface area contributed by atoms with Crippen LogP contribution in [0.15, 0.2) is 23.1 Å². The highest BCUT2D eigenvalue weighted by molar-refractivity contribution is 7.89. The molecule has 1 saturated carbocycles. The second-order valence-electron chi connectivity index (χ2n) is 5.89. The van der Waals surface area contributed by atoms with E-state index < -0.39 is 10.0 Å². The van der Waals surface area contributed by atoms with Gasteiger partial charge in [0, 0.05) is 19.0 Å². The number of aryl methyl sites for hydroxylation is 1. The number of sulfonamides is 1. The van der Waals surface area contributed by atoms with E-state index in [1.54, 1.807) is 23.5 Å². The number of hydrogen-bond acceptors (Lipinski definition) is 2. The Morgan fingerprint density at radius 2 is 1.81 bits per heavy atom. The van der Waals surface area contributed by atoms with Crippen LogP contribution in [0.2, 0.25) is 0 Å². The van der Waals surface area contributed by atoms with E-state index >= 15 is 0 Å². The zero-order chi connectivity index (χ0) is 15.5. The van der Waals surface area contributed by atoms with Crippen LogP contribution in [-0.2, 0) is 15.9 Å². The van der Waals surface area contributed by atoms with E-state index in [4.69, 9.17) is 11.6 Å². The predicted molar refractivity (Wildman–Crippen MR) is 87.2 cm³/mol. The average molecular weight is 330 g/mol. The molecule has 0 bridgehead atoms. The van der Waals surface area contributed by atoms with Crippen LogP contribution < -0.4 is 0 Å². The molecule has 5 heteroatoms. The summed E-state index contributed by atoms with van der Waals surface area (Å²) in [6, 6.07) is 5.36. The zero-order valence-electron chi connectivity index (χ0n) is 12.8. The molecule has 0 amide bonds. The van der Waals surface area contributed by atoms with Gasteiger partial charge in [-0.05, 0) is 43.0 Å². The van der Waals surface area contributed by atoms with Gasteiger partial charge >= 0.3 is 0 Å². The van der Waals surface area contributed by atoms with Crippen molar-refractivity contribution in [3.63, 3.8) is 0 Å². The van der Waals surface area contributed by atoms with Crippen LogP contribution >= 0.6 is 11.6 Å². The topological polar surface area (TPSA) is 37.4 Å². The van der Waals surface area contributed by atoms with Crippen LogP contribution in [0.1, 0.15) is 49.7 Å². The van der Waals surface area contributed by atoms with Crippen LogP contribution in [0.4, 0.5) is 0 Å². The Bertz CT molecular complexity index is 578. The Morgan fingerprint density at radius 1 is 1.19 bits per heavy atom. The number of nitrogens with zero attached hydrogens (tertiary/aromatic N) is 1. The van der Waals surface area contributed by atoms with Crippen LogP contribution in [-0.4, -0.2) is 25.8 Å². The van der Waals surface area contributed by atoms with E-state index in [2.05, 4.69) is 0 Å². The molecule has 0 atom stereocenters. The van der Waals surface area contributed by atoms with Gasteiger partial charge in [-0.2, -0.15) is 4.31 Å². The minimum Gasteiger partial charge on any atom is -0.207 e. The van der Waals surface area contributed by atoms with E-state index in [-0.39, 0.29) is 6.04 Å². The van der Waals surface area contributed by atoms with Crippen molar-refractivity contribution < 1.29 is 8.42 Å². The van der Waals surface area contributed by atoms with Crippen molar-refractivity contribution in [3.8, 4) is 0 Å². The van der Waals surface area contributed by atoms with Crippen molar-refractivity contribution in [1.29, 1.82) is 0 Å². The van der Waals surface area contributed by atoms with E-state index in [0.29, 0.717) is 10.8 Å². The molecule has 21 heavy (non-hydrogen) atoms. The Kier molecular flexibility index (Phi) is 5.69. The lowest BCUT2D eigenvalue weighted by atomic mass is 10.1. The highest BCUT2D eigenvalue weighted by atomic mass is 35.5. The Balaban J connectivity index is 2.27. The van der Waals surface area contributed by atoms with Gasteiger partial charge in [-0.15, -0.1) is 11.6 Å². The molecule has 0 aromatic heterocycles. The van der Waals surface area contributed by atoms with Gasteiger partial charge in [0.05, 0.1) is 4.90 Å². The van der Waals surface area contributed by atoms with Crippen molar-refractivity contribution in [2.45, 2.75) is 62.3 Å². The molecule has 0 radical (unpaired) electrons. The molecule has 0 spiro atoms. The fourth-order valence-electron chi connectivity index (χ4n) is 2.94. The van der Waals surface area contributed by atoms with Gasteiger partial charge in [-0.3, -0.25) is 0 Å². The minimum absolute atomic E-state index is 0.123. The molecule has 3 nitrogen and oxygen atoms in total. The van der Waals surface area contributed by atoms with Gasteiger partial charge in [0.15, 0.2) is 0 Å². The first kappa shape index (κ1) is 16.8. The summed E-state index contributed by atoms with van der Waals surface area (Å²) in [6.07, 6.45) is 6.58. The maximum absolute atomic E-state index is 12.8. The third-order valence-electron chi connectivity index (χ3n) is 4.48. The normalized spacial score (nSPS) is 17.9. The Morgan fingerprint density at radius 3 is 2.38 bits per heavy atom. The van der Waals surface area contributed by atoms with Crippen molar-refractivity contribution in [2.24, 2.45) is 0 Å². The summed E-state index contributed by atoms with van der Waals surface area (Å²) in [7, 11) is -1.72. The number of alkyl halides is 1. The Hall–Kier alpha value is -0.580.